The molecule has 0 aliphatic heterocycles. The first-order chi connectivity index (χ1) is 9.82. The van der Waals surface area contributed by atoms with Gasteiger partial charge in [-0.2, -0.15) is 0 Å². The number of nitrogens with two attached hydrogens (primary N) is 1. The molecule has 1 fully saturated rings. The molecule has 0 aromatic heterocycles. The Bertz CT molecular complexity index is 482. The number of hydrogen-bond donors (Lipinski definition) is 1. The van der Waals surface area contributed by atoms with Crippen molar-refractivity contribution in [2.75, 3.05) is 7.11 Å². The maximum absolute atomic E-state index is 6.34. The van der Waals surface area contributed by atoms with Gasteiger partial charge in [-0.05, 0) is 49.7 Å². The summed E-state index contributed by atoms with van der Waals surface area (Å²) in [4.78, 5) is 0. The second-order valence-corrected chi connectivity index (χ2v) is 7.31. The van der Waals surface area contributed by atoms with Gasteiger partial charge in [0.05, 0.1) is 18.8 Å². The summed E-state index contributed by atoms with van der Waals surface area (Å²) in [7, 11) is 1.68. The first-order valence-corrected chi connectivity index (χ1v) is 7.91. The summed E-state index contributed by atoms with van der Waals surface area (Å²) in [6.45, 7) is 8.95. The van der Waals surface area contributed by atoms with Gasteiger partial charge < -0.3 is 15.2 Å². The second kappa shape index (κ2) is 6.27. The molecule has 2 rings (SSSR count). The Morgan fingerprint density at radius 3 is 2.48 bits per heavy atom. The zero-order valence-corrected chi connectivity index (χ0v) is 14.0. The summed E-state index contributed by atoms with van der Waals surface area (Å²) in [5.41, 5.74) is 7.43. The van der Waals surface area contributed by atoms with Crippen LogP contribution in [0, 0.1) is 11.3 Å². The lowest BCUT2D eigenvalue weighted by Gasteiger charge is -2.39. The van der Waals surface area contributed by atoms with Gasteiger partial charge in [0.25, 0.3) is 0 Å². The molecule has 1 aromatic rings. The molecule has 1 aliphatic rings. The molecule has 3 nitrogen and oxygen atoms in total. The summed E-state index contributed by atoms with van der Waals surface area (Å²) in [5.74, 6) is 2.38. The third-order valence-electron chi connectivity index (χ3n) is 4.34. The molecule has 0 bridgehead atoms. The van der Waals surface area contributed by atoms with Crippen LogP contribution in [0.5, 0.6) is 11.5 Å². The van der Waals surface area contributed by atoms with Crippen LogP contribution in [-0.2, 0) is 0 Å². The Morgan fingerprint density at radius 2 is 1.90 bits per heavy atom. The minimum atomic E-state index is -0.106. The van der Waals surface area contributed by atoms with Gasteiger partial charge in [-0.25, -0.2) is 0 Å². The van der Waals surface area contributed by atoms with Crippen LogP contribution in [0.2, 0.25) is 0 Å². The van der Waals surface area contributed by atoms with Crippen molar-refractivity contribution in [3.63, 3.8) is 0 Å². The smallest absolute Gasteiger partial charge is 0.128 e. The highest BCUT2D eigenvalue weighted by atomic mass is 16.5. The van der Waals surface area contributed by atoms with Gasteiger partial charge in [-0.3, -0.25) is 0 Å². The topological polar surface area (TPSA) is 44.5 Å². The zero-order chi connectivity index (χ0) is 15.6. The second-order valence-electron chi connectivity index (χ2n) is 7.31. The van der Waals surface area contributed by atoms with E-state index >= 15 is 0 Å². The molecule has 1 saturated carbocycles. The Balaban J connectivity index is 2.23. The highest BCUT2D eigenvalue weighted by molar-refractivity contribution is 5.46. The first-order valence-electron chi connectivity index (χ1n) is 7.91. The third-order valence-corrected chi connectivity index (χ3v) is 4.34. The SMILES string of the molecule is COc1cccc(OC2CC(C)CC(C)(C)C2)c1C(C)N. The molecule has 3 unspecified atom stereocenters. The van der Waals surface area contributed by atoms with Crippen LogP contribution >= 0.6 is 0 Å². The maximum Gasteiger partial charge on any atom is 0.128 e. The number of methoxy groups -OCH3 is 1. The van der Waals surface area contributed by atoms with E-state index in [9.17, 15) is 0 Å². The summed E-state index contributed by atoms with van der Waals surface area (Å²) in [6, 6.07) is 5.81. The van der Waals surface area contributed by atoms with Crippen molar-refractivity contribution in [2.45, 2.75) is 59.1 Å². The maximum atomic E-state index is 6.34. The predicted octanol–water partition coefficient (Wildman–Crippen LogP) is 4.31. The standard InChI is InChI=1S/C18H29NO2/c1-12-9-14(11-18(3,4)10-12)21-16-8-6-7-15(20-5)17(16)13(2)19/h6-8,12-14H,9-11,19H2,1-5H3. The molecule has 118 valence electrons. The summed E-state index contributed by atoms with van der Waals surface area (Å²) in [6.07, 6.45) is 3.73. The number of ether oxygens (including phenoxy) is 2. The molecule has 1 aromatic carbocycles. The fraction of sp³-hybridized carbons (Fsp3) is 0.667. The molecule has 0 spiro atoms. The van der Waals surface area contributed by atoms with Gasteiger partial charge in [-0.1, -0.05) is 26.8 Å². The van der Waals surface area contributed by atoms with Crippen molar-refractivity contribution >= 4 is 0 Å². The Morgan fingerprint density at radius 1 is 1.24 bits per heavy atom. The van der Waals surface area contributed by atoms with Crippen LogP contribution in [-0.4, -0.2) is 13.2 Å². The number of hydrogen-bond acceptors (Lipinski definition) is 3. The molecule has 3 heteroatoms. The fourth-order valence-corrected chi connectivity index (χ4v) is 3.78. The van der Waals surface area contributed by atoms with E-state index in [4.69, 9.17) is 15.2 Å². The van der Waals surface area contributed by atoms with Gasteiger partial charge >= 0.3 is 0 Å². The van der Waals surface area contributed by atoms with Gasteiger partial charge in [0, 0.05) is 6.04 Å². The van der Waals surface area contributed by atoms with Crippen LogP contribution in [0.15, 0.2) is 18.2 Å². The lowest BCUT2D eigenvalue weighted by atomic mass is 9.71. The number of rotatable bonds is 4. The Kier molecular flexibility index (Phi) is 4.82. The van der Waals surface area contributed by atoms with Gasteiger partial charge in [0.2, 0.25) is 0 Å². The highest BCUT2D eigenvalue weighted by Crippen LogP contribution is 2.41. The molecule has 0 amide bonds. The minimum Gasteiger partial charge on any atom is -0.496 e. The molecule has 1 aliphatic carbocycles. The van der Waals surface area contributed by atoms with Gasteiger partial charge in [-0.15, -0.1) is 0 Å². The zero-order valence-electron chi connectivity index (χ0n) is 14.0. The van der Waals surface area contributed by atoms with E-state index in [2.05, 4.69) is 20.8 Å². The van der Waals surface area contributed by atoms with Gasteiger partial charge in [0.1, 0.15) is 11.5 Å². The van der Waals surface area contributed by atoms with Crippen molar-refractivity contribution in [2.24, 2.45) is 17.1 Å². The summed E-state index contributed by atoms with van der Waals surface area (Å²) >= 11 is 0. The van der Waals surface area contributed by atoms with E-state index in [0.717, 1.165) is 29.9 Å². The van der Waals surface area contributed by atoms with Crippen molar-refractivity contribution < 1.29 is 9.47 Å². The molecule has 0 radical (unpaired) electrons. The fourth-order valence-electron chi connectivity index (χ4n) is 3.78. The van der Waals surface area contributed by atoms with Crippen LogP contribution in [0.3, 0.4) is 0 Å². The Hall–Kier alpha value is -1.22. The quantitative estimate of drug-likeness (QED) is 0.899. The highest BCUT2D eigenvalue weighted by Gasteiger charge is 2.33. The Labute approximate surface area is 128 Å². The van der Waals surface area contributed by atoms with E-state index in [1.807, 2.05) is 25.1 Å². The molecule has 21 heavy (non-hydrogen) atoms. The third kappa shape index (κ3) is 3.91. The van der Waals surface area contributed by atoms with Crippen molar-refractivity contribution in [1.29, 1.82) is 0 Å². The van der Waals surface area contributed by atoms with Crippen LogP contribution in [0.4, 0.5) is 0 Å². The molecular formula is C18H29NO2. The van der Waals surface area contributed by atoms with E-state index in [1.165, 1.54) is 6.42 Å². The van der Waals surface area contributed by atoms with Crippen LogP contribution in [0.25, 0.3) is 0 Å². The van der Waals surface area contributed by atoms with Crippen LogP contribution in [0.1, 0.15) is 58.6 Å². The molecule has 3 atom stereocenters. The van der Waals surface area contributed by atoms with Crippen molar-refractivity contribution in [3.05, 3.63) is 23.8 Å². The van der Waals surface area contributed by atoms with E-state index in [-0.39, 0.29) is 12.1 Å². The van der Waals surface area contributed by atoms with Crippen molar-refractivity contribution in [3.8, 4) is 11.5 Å². The van der Waals surface area contributed by atoms with E-state index < -0.39 is 0 Å². The molecule has 0 heterocycles. The lowest BCUT2D eigenvalue weighted by molar-refractivity contribution is 0.0552. The average Bonchev–Trinajstić information content (AvgIpc) is 2.35. The molecule has 0 saturated heterocycles. The van der Waals surface area contributed by atoms with E-state index in [0.29, 0.717) is 11.3 Å². The lowest BCUT2D eigenvalue weighted by Crippen LogP contribution is -2.34. The van der Waals surface area contributed by atoms with Crippen LogP contribution < -0.4 is 15.2 Å². The van der Waals surface area contributed by atoms with Crippen molar-refractivity contribution in [1.82, 2.24) is 0 Å². The average molecular weight is 291 g/mol. The molecular weight excluding hydrogens is 262 g/mol. The van der Waals surface area contributed by atoms with Gasteiger partial charge in [0.15, 0.2) is 0 Å². The normalized spacial score (nSPS) is 26.2. The monoisotopic (exact) mass is 291 g/mol. The number of benzene rings is 1. The summed E-state index contributed by atoms with van der Waals surface area (Å²) < 4.78 is 11.8. The molecule has 2 N–H and O–H groups in total. The van der Waals surface area contributed by atoms with E-state index in [1.54, 1.807) is 7.11 Å². The largest absolute Gasteiger partial charge is 0.496 e. The summed E-state index contributed by atoms with van der Waals surface area (Å²) in [5, 5.41) is 0. The predicted molar refractivity (Wildman–Crippen MR) is 86.8 cm³/mol. The minimum absolute atomic E-state index is 0.106. The first kappa shape index (κ1) is 16.2.